The van der Waals surface area contributed by atoms with E-state index in [0.717, 1.165) is 25.9 Å². The van der Waals surface area contributed by atoms with Gasteiger partial charge in [0.2, 0.25) is 5.91 Å². The van der Waals surface area contributed by atoms with Gasteiger partial charge in [0.25, 0.3) is 5.91 Å². The SMILES string of the molecule is CN1N=C(C(=O)NCCCOC[C@H]2CCCO2)CCC1=O. The van der Waals surface area contributed by atoms with Crippen LogP contribution in [0.3, 0.4) is 0 Å². The van der Waals surface area contributed by atoms with Crippen LogP contribution in [0.4, 0.5) is 0 Å². The second-order valence-corrected chi connectivity index (χ2v) is 5.28. The van der Waals surface area contributed by atoms with E-state index in [1.54, 1.807) is 7.05 Å². The molecule has 0 aliphatic carbocycles. The predicted molar refractivity (Wildman–Crippen MR) is 76.9 cm³/mol. The molecule has 2 rings (SSSR count). The highest BCUT2D eigenvalue weighted by molar-refractivity contribution is 6.39. The Balaban J connectivity index is 1.55. The Morgan fingerprint density at radius 3 is 3.10 bits per heavy atom. The summed E-state index contributed by atoms with van der Waals surface area (Å²) in [6.45, 7) is 2.61. The maximum Gasteiger partial charge on any atom is 0.267 e. The van der Waals surface area contributed by atoms with Crippen LogP contribution in [-0.4, -0.2) is 62.1 Å². The van der Waals surface area contributed by atoms with Crippen molar-refractivity contribution in [2.45, 2.75) is 38.2 Å². The molecule has 2 aliphatic heterocycles. The van der Waals surface area contributed by atoms with Gasteiger partial charge in [-0.05, 0) is 19.3 Å². The zero-order valence-corrected chi connectivity index (χ0v) is 12.5. The number of carbonyl (C=O) groups is 2. The van der Waals surface area contributed by atoms with Gasteiger partial charge >= 0.3 is 0 Å². The quantitative estimate of drug-likeness (QED) is 0.685. The van der Waals surface area contributed by atoms with Crippen LogP contribution < -0.4 is 5.32 Å². The lowest BCUT2D eigenvalue weighted by atomic mass is 10.1. The molecule has 2 heterocycles. The molecule has 118 valence electrons. The van der Waals surface area contributed by atoms with Gasteiger partial charge in [-0.3, -0.25) is 9.59 Å². The maximum atomic E-state index is 11.9. The zero-order chi connectivity index (χ0) is 15.1. The van der Waals surface area contributed by atoms with Crippen molar-refractivity contribution in [2.24, 2.45) is 5.10 Å². The molecule has 0 aromatic heterocycles. The summed E-state index contributed by atoms with van der Waals surface area (Å²) in [5.74, 6) is -0.262. The van der Waals surface area contributed by atoms with E-state index < -0.39 is 0 Å². The summed E-state index contributed by atoms with van der Waals surface area (Å²) in [5, 5.41) is 7.99. The first-order chi connectivity index (χ1) is 10.2. The molecule has 1 saturated heterocycles. The summed E-state index contributed by atoms with van der Waals surface area (Å²) < 4.78 is 11.0. The molecule has 1 N–H and O–H groups in total. The average Bonchev–Trinajstić information content (AvgIpc) is 2.98. The van der Waals surface area contributed by atoms with Crippen molar-refractivity contribution < 1.29 is 19.1 Å². The molecular weight excluding hydrogens is 274 g/mol. The van der Waals surface area contributed by atoms with Crippen LogP contribution in [0.5, 0.6) is 0 Å². The van der Waals surface area contributed by atoms with Gasteiger partial charge in [0.15, 0.2) is 0 Å². The number of rotatable bonds is 7. The van der Waals surface area contributed by atoms with Crippen molar-refractivity contribution in [3.63, 3.8) is 0 Å². The Labute approximate surface area is 124 Å². The molecule has 0 aromatic rings. The topological polar surface area (TPSA) is 80.2 Å². The lowest BCUT2D eigenvalue weighted by Gasteiger charge is -2.18. The number of ether oxygens (including phenoxy) is 2. The minimum atomic E-state index is -0.200. The van der Waals surface area contributed by atoms with E-state index in [2.05, 4.69) is 10.4 Å². The monoisotopic (exact) mass is 297 g/mol. The number of amides is 2. The summed E-state index contributed by atoms with van der Waals surface area (Å²) in [6, 6.07) is 0. The van der Waals surface area contributed by atoms with E-state index in [-0.39, 0.29) is 17.9 Å². The lowest BCUT2D eigenvalue weighted by Crippen LogP contribution is -2.38. The smallest absolute Gasteiger partial charge is 0.267 e. The van der Waals surface area contributed by atoms with Gasteiger partial charge in [0.1, 0.15) is 5.71 Å². The summed E-state index contributed by atoms with van der Waals surface area (Å²) in [6.07, 6.45) is 3.92. The highest BCUT2D eigenvalue weighted by atomic mass is 16.5. The number of nitrogens with zero attached hydrogens (tertiary/aromatic N) is 2. The predicted octanol–water partition coefficient (Wildman–Crippen LogP) is 0.296. The zero-order valence-electron chi connectivity index (χ0n) is 12.5. The summed E-state index contributed by atoms with van der Waals surface area (Å²) in [7, 11) is 1.56. The molecule has 2 amide bonds. The summed E-state index contributed by atoms with van der Waals surface area (Å²) in [5.41, 5.74) is 0.414. The minimum Gasteiger partial charge on any atom is -0.379 e. The third-order valence-electron chi connectivity index (χ3n) is 3.55. The Hall–Kier alpha value is -1.47. The standard InChI is InChI=1S/C14H23N3O4/c1-17-13(18)6-5-12(16-17)14(19)15-7-3-8-20-10-11-4-2-9-21-11/h11H,2-10H2,1H3,(H,15,19)/t11-/m1/s1. The van der Waals surface area contributed by atoms with Crippen LogP contribution in [0.25, 0.3) is 0 Å². The van der Waals surface area contributed by atoms with Crippen LogP contribution in [0.2, 0.25) is 0 Å². The first-order valence-electron chi connectivity index (χ1n) is 7.48. The summed E-state index contributed by atoms with van der Waals surface area (Å²) in [4.78, 5) is 23.1. The van der Waals surface area contributed by atoms with Crippen LogP contribution >= 0.6 is 0 Å². The van der Waals surface area contributed by atoms with Crippen molar-refractivity contribution in [3.8, 4) is 0 Å². The maximum absolute atomic E-state index is 11.9. The van der Waals surface area contributed by atoms with Gasteiger partial charge in [-0.25, -0.2) is 5.01 Å². The van der Waals surface area contributed by atoms with Gasteiger partial charge in [0.05, 0.1) is 12.7 Å². The van der Waals surface area contributed by atoms with E-state index in [4.69, 9.17) is 9.47 Å². The number of hydrazone groups is 1. The van der Waals surface area contributed by atoms with Crippen molar-refractivity contribution in [3.05, 3.63) is 0 Å². The van der Waals surface area contributed by atoms with Gasteiger partial charge in [-0.1, -0.05) is 0 Å². The van der Waals surface area contributed by atoms with Crippen LogP contribution in [0.15, 0.2) is 5.10 Å². The lowest BCUT2D eigenvalue weighted by molar-refractivity contribution is -0.130. The van der Waals surface area contributed by atoms with Crippen molar-refractivity contribution in [1.29, 1.82) is 0 Å². The van der Waals surface area contributed by atoms with Crippen LogP contribution in [0, 0.1) is 0 Å². The molecule has 7 nitrogen and oxygen atoms in total. The molecule has 1 fully saturated rings. The first kappa shape index (κ1) is 15.9. The fourth-order valence-corrected chi connectivity index (χ4v) is 2.30. The van der Waals surface area contributed by atoms with Crippen molar-refractivity contribution in [2.75, 3.05) is 33.4 Å². The fourth-order valence-electron chi connectivity index (χ4n) is 2.30. The average molecular weight is 297 g/mol. The van der Waals surface area contributed by atoms with Crippen LogP contribution in [0.1, 0.15) is 32.1 Å². The first-order valence-corrected chi connectivity index (χ1v) is 7.48. The number of hydrogen-bond acceptors (Lipinski definition) is 5. The number of nitrogens with one attached hydrogen (secondary N) is 1. The van der Waals surface area contributed by atoms with Crippen molar-refractivity contribution >= 4 is 17.5 Å². The van der Waals surface area contributed by atoms with E-state index >= 15 is 0 Å². The molecule has 2 aliphatic rings. The van der Waals surface area contributed by atoms with Crippen molar-refractivity contribution in [1.82, 2.24) is 10.3 Å². The molecule has 0 unspecified atom stereocenters. The Morgan fingerprint density at radius 1 is 1.52 bits per heavy atom. The Morgan fingerprint density at radius 2 is 2.38 bits per heavy atom. The largest absolute Gasteiger partial charge is 0.379 e. The van der Waals surface area contributed by atoms with Gasteiger partial charge in [-0.15, -0.1) is 0 Å². The van der Waals surface area contributed by atoms with Gasteiger partial charge < -0.3 is 14.8 Å². The minimum absolute atomic E-state index is 0.0610. The summed E-state index contributed by atoms with van der Waals surface area (Å²) >= 11 is 0. The van der Waals surface area contributed by atoms with E-state index in [1.807, 2.05) is 0 Å². The number of carbonyl (C=O) groups excluding carboxylic acids is 2. The Kier molecular flexibility index (Phi) is 6.13. The van der Waals surface area contributed by atoms with Crippen LogP contribution in [-0.2, 0) is 19.1 Å². The second-order valence-electron chi connectivity index (χ2n) is 5.28. The van der Waals surface area contributed by atoms with E-state index in [9.17, 15) is 9.59 Å². The molecule has 1 atom stereocenters. The molecule has 0 bridgehead atoms. The molecule has 0 saturated carbocycles. The van der Waals surface area contributed by atoms with E-state index in [0.29, 0.717) is 38.3 Å². The fraction of sp³-hybridized carbons (Fsp3) is 0.786. The normalized spacial score (nSPS) is 22.3. The Bertz CT molecular complexity index is 405. The molecule has 7 heteroatoms. The third-order valence-corrected chi connectivity index (χ3v) is 3.55. The second kappa shape index (κ2) is 8.09. The molecular formula is C14H23N3O4. The van der Waals surface area contributed by atoms with E-state index in [1.165, 1.54) is 5.01 Å². The highest BCUT2D eigenvalue weighted by Gasteiger charge is 2.21. The molecule has 0 radical (unpaired) electrons. The third kappa shape index (κ3) is 5.09. The molecule has 0 spiro atoms. The highest BCUT2D eigenvalue weighted by Crippen LogP contribution is 2.11. The molecule has 0 aromatic carbocycles. The molecule has 21 heavy (non-hydrogen) atoms. The number of hydrogen-bond donors (Lipinski definition) is 1. The van der Waals surface area contributed by atoms with Gasteiger partial charge in [0, 0.05) is 39.6 Å². The van der Waals surface area contributed by atoms with Gasteiger partial charge in [-0.2, -0.15) is 5.10 Å².